The minimum atomic E-state index is -0.904. The fourth-order valence-corrected chi connectivity index (χ4v) is 3.23. The second-order valence-electron chi connectivity index (χ2n) is 5.31. The Morgan fingerprint density at radius 1 is 1.18 bits per heavy atom. The van der Waals surface area contributed by atoms with Crippen molar-refractivity contribution in [1.82, 2.24) is 0 Å². The Hall–Kier alpha value is -1.89. The summed E-state index contributed by atoms with van der Waals surface area (Å²) in [6.07, 6.45) is 3.08. The van der Waals surface area contributed by atoms with Gasteiger partial charge in [-0.05, 0) is 25.2 Å². The first-order valence-electron chi connectivity index (χ1n) is 7.11. The number of carbonyl (C=O) groups excluding carboxylic acids is 1. The zero-order valence-electron chi connectivity index (χ0n) is 12.1. The number of thioether (sulfide) groups is 1. The molecule has 118 valence electrons. The van der Waals surface area contributed by atoms with E-state index in [1.165, 1.54) is 11.8 Å². The van der Waals surface area contributed by atoms with E-state index in [9.17, 15) is 9.59 Å². The van der Waals surface area contributed by atoms with Crippen molar-refractivity contribution in [2.45, 2.75) is 17.7 Å². The summed E-state index contributed by atoms with van der Waals surface area (Å²) in [6, 6.07) is 3.58. The van der Waals surface area contributed by atoms with Gasteiger partial charge in [0, 0.05) is 11.0 Å². The lowest BCUT2D eigenvalue weighted by Crippen LogP contribution is -2.41. The first-order chi connectivity index (χ1) is 10.6. The molecular formula is C15H17NO5S. The molecule has 1 aliphatic heterocycles. The minimum Gasteiger partial charge on any atom is -0.486 e. The van der Waals surface area contributed by atoms with E-state index >= 15 is 0 Å². The molecule has 2 N–H and O–H groups in total. The molecule has 2 unspecified atom stereocenters. The molecule has 22 heavy (non-hydrogen) atoms. The van der Waals surface area contributed by atoms with Crippen LogP contribution in [0.2, 0.25) is 0 Å². The summed E-state index contributed by atoms with van der Waals surface area (Å²) in [5.74, 6) is -0.914. The lowest BCUT2D eigenvalue weighted by Gasteiger charge is -2.32. The Morgan fingerprint density at radius 2 is 1.82 bits per heavy atom. The summed E-state index contributed by atoms with van der Waals surface area (Å²) in [6.45, 7) is 0.984. The smallest absolute Gasteiger partial charge is 0.307 e. The highest BCUT2D eigenvalue weighted by molar-refractivity contribution is 7.98. The predicted molar refractivity (Wildman–Crippen MR) is 81.7 cm³/mol. The molecule has 3 rings (SSSR count). The lowest BCUT2D eigenvalue weighted by molar-refractivity contribution is -0.151. The van der Waals surface area contributed by atoms with Crippen LogP contribution in [0.25, 0.3) is 0 Å². The first-order valence-corrected chi connectivity index (χ1v) is 8.34. The normalized spacial score (nSPS) is 22.6. The fraction of sp³-hybridized carbons (Fsp3) is 0.467. The summed E-state index contributed by atoms with van der Waals surface area (Å²) < 4.78 is 11.1. The van der Waals surface area contributed by atoms with Crippen molar-refractivity contribution in [2.24, 2.45) is 11.8 Å². The molecule has 2 atom stereocenters. The molecule has 1 aromatic rings. The third-order valence-electron chi connectivity index (χ3n) is 4.05. The highest BCUT2D eigenvalue weighted by Crippen LogP contribution is 2.41. The van der Waals surface area contributed by atoms with Gasteiger partial charge in [-0.3, -0.25) is 9.59 Å². The molecular weight excluding hydrogens is 306 g/mol. The predicted octanol–water partition coefficient (Wildman–Crippen LogP) is 2.23. The standard InChI is InChI=1S/C15H17NO5S/c1-22-13-7-12-11(20-4-5-21-12)6-10(13)16-14(17)8-2-3-9(8)15(18)19/h6-9H,2-5H2,1H3,(H,16,17)(H,18,19). The Kier molecular flexibility index (Phi) is 4.15. The van der Waals surface area contributed by atoms with Crippen molar-refractivity contribution >= 4 is 29.3 Å². The number of rotatable bonds is 4. The van der Waals surface area contributed by atoms with Crippen LogP contribution >= 0.6 is 11.8 Å². The minimum absolute atomic E-state index is 0.245. The van der Waals surface area contributed by atoms with Crippen molar-refractivity contribution in [3.8, 4) is 11.5 Å². The van der Waals surface area contributed by atoms with Gasteiger partial charge in [0.05, 0.1) is 17.5 Å². The number of carbonyl (C=O) groups is 2. The monoisotopic (exact) mass is 323 g/mol. The van der Waals surface area contributed by atoms with Crippen LogP contribution in [0.5, 0.6) is 11.5 Å². The second kappa shape index (κ2) is 6.08. The van der Waals surface area contributed by atoms with Crippen molar-refractivity contribution in [1.29, 1.82) is 0 Å². The van der Waals surface area contributed by atoms with Crippen LogP contribution in [0.1, 0.15) is 12.8 Å². The van der Waals surface area contributed by atoms with Crippen LogP contribution in [0.3, 0.4) is 0 Å². The highest BCUT2D eigenvalue weighted by atomic mass is 32.2. The molecule has 0 radical (unpaired) electrons. The van der Waals surface area contributed by atoms with Gasteiger partial charge < -0.3 is 19.9 Å². The van der Waals surface area contributed by atoms with E-state index in [0.29, 0.717) is 43.2 Å². The van der Waals surface area contributed by atoms with Gasteiger partial charge in [0.25, 0.3) is 0 Å². The number of ether oxygens (including phenoxy) is 2. The summed E-state index contributed by atoms with van der Waals surface area (Å²) in [5.41, 5.74) is 0.637. The molecule has 1 heterocycles. The van der Waals surface area contributed by atoms with Crippen LogP contribution in [-0.2, 0) is 9.59 Å². The molecule has 0 saturated heterocycles. The van der Waals surface area contributed by atoms with Gasteiger partial charge in [0.1, 0.15) is 13.2 Å². The molecule has 6 nitrogen and oxygen atoms in total. The van der Waals surface area contributed by atoms with Crippen LogP contribution < -0.4 is 14.8 Å². The molecule has 2 aliphatic rings. The highest BCUT2D eigenvalue weighted by Gasteiger charge is 2.41. The number of fused-ring (bicyclic) bond motifs is 1. The number of aliphatic carboxylic acids is 1. The van der Waals surface area contributed by atoms with E-state index in [-0.39, 0.29) is 5.91 Å². The van der Waals surface area contributed by atoms with E-state index in [1.807, 2.05) is 12.3 Å². The molecule has 1 amide bonds. The quantitative estimate of drug-likeness (QED) is 0.827. The van der Waals surface area contributed by atoms with Crippen molar-refractivity contribution in [2.75, 3.05) is 24.8 Å². The molecule has 1 saturated carbocycles. The maximum Gasteiger partial charge on any atom is 0.307 e. The van der Waals surface area contributed by atoms with Crippen molar-refractivity contribution in [3.63, 3.8) is 0 Å². The number of nitrogens with one attached hydrogen (secondary N) is 1. The van der Waals surface area contributed by atoms with Crippen LogP contribution in [0.4, 0.5) is 5.69 Å². The lowest BCUT2D eigenvalue weighted by atomic mass is 9.73. The molecule has 0 spiro atoms. The van der Waals surface area contributed by atoms with E-state index in [2.05, 4.69) is 5.32 Å². The van der Waals surface area contributed by atoms with Crippen LogP contribution in [-0.4, -0.2) is 36.5 Å². The van der Waals surface area contributed by atoms with Gasteiger partial charge in [-0.25, -0.2) is 0 Å². The molecule has 1 aliphatic carbocycles. The summed E-state index contributed by atoms with van der Waals surface area (Å²) >= 11 is 1.49. The number of benzene rings is 1. The number of amides is 1. The zero-order chi connectivity index (χ0) is 15.7. The van der Waals surface area contributed by atoms with E-state index < -0.39 is 17.8 Å². The van der Waals surface area contributed by atoms with E-state index in [1.54, 1.807) is 6.07 Å². The topological polar surface area (TPSA) is 84.9 Å². The Balaban J connectivity index is 1.79. The van der Waals surface area contributed by atoms with Gasteiger partial charge in [-0.2, -0.15) is 0 Å². The molecule has 0 aromatic heterocycles. The SMILES string of the molecule is CSc1cc2c(cc1NC(=O)C1CCC1C(=O)O)OCCO2. The van der Waals surface area contributed by atoms with Gasteiger partial charge in [-0.15, -0.1) is 11.8 Å². The van der Waals surface area contributed by atoms with Crippen molar-refractivity contribution < 1.29 is 24.2 Å². The fourth-order valence-electron chi connectivity index (χ4n) is 2.67. The summed E-state index contributed by atoms with van der Waals surface area (Å²) in [4.78, 5) is 24.2. The molecule has 7 heteroatoms. The maximum atomic E-state index is 12.3. The van der Waals surface area contributed by atoms with Crippen LogP contribution in [0, 0.1) is 11.8 Å². The molecule has 1 aromatic carbocycles. The number of carboxylic acid groups (broad SMARTS) is 1. The molecule has 1 fully saturated rings. The largest absolute Gasteiger partial charge is 0.486 e. The average molecular weight is 323 g/mol. The van der Waals surface area contributed by atoms with E-state index in [4.69, 9.17) is 14.6 Å². The average Bonchev–Trinajstić information content (AvgIpc) is 2.44. The second-order valence-corrected chi connectivity index (χ2v) is 6.16. The Bertz CT molecular complexity index is 618. The zero-order valence-corrected chi connectivity index (χ0v) is 12.9. The number of anilines is 1. The number of hydrogen-bond acceptors (Lipinski definition) is 5. The third-order valence-corrected chi connectivity index (χ3v) is 4.83. The number of hydrogen-bond donors (Lipinski definition) is 2. The summed E-state index contributed by atoms with van der Waals surface area (Å²) in [5, 5.41) is 11.9. The van der Waals surface area contributed by atoms with Crippen molar-refractivity contribution in [3.05, 3.63) is 12.1 Å². The van der Waals surface area contributed by atoms with Gasteiger partial charge in [-0.1, -0.05) is 0 Å². The maximum absolute atomic E-state index is 12.3. The van der Waals surface area contributed by atoms with Crippen LogP contribution in [0.15, 0.2) is 17.0 Å². The third kappa shape index (κ3) is 2.72. The summed E-state index contributed by atoms with van der Waals surface area (Å²) in [7, 11) is 0. The van der Waals surface area contributed by atoms with Gasteiger partial charge in [0.15, 0.2) is 11.5 Å². The Labute approximate surface area is 132 Å². The molecule has 0 bridgehead atoms. The van der Waals surface area contributed by atoms with Gasteiger partial charge in [0.2, 0.25) is 5.91 Å². The number of carboxylic acids is 1. The first kappa shape index (κ1) is 15.0. The van der Waals surface area contributed by atoms with Gasteiger partial charge >= 0.3 is 5.97 Å². The Morgan fingerprint density at radius 3 is 2.36 bits per heavy atom. The van der Waals surface area contributed by atoms with E-state index in [0.717, 1.165) is 4.90 Å².